The van der Waals surface area contributed by atoms with Crippen LogP contribution in [0.2, 0.25) is 0 Å². The first-order valence-corrected chi connectivity index (χ1v) is 10.0. The van der Waals surface area contributed by atoms with Gasteiger partial charge in [0, 0.05) is 19.6 Å². The van der Waals surface area contributed by atoms with E-state index in [9.17, 15) is 18.8 Å². The quantitative estimate of drug-likeness (QED) is 0.589. The molecule has 0 saturated carbocycles. The summed E-state index contributed by atoms with van der Waals surface area (Å²) in [4.78, 5) is 40.9. The number of aryl methyl sites for hydroxylation is 2. The molecule has 8 nitrogen and oxygen atoms in total. The van der Waals surface area contributed by atoms with Gasteiger partial charge in [-0.05, 0) is 45.4 Å². The highest BCUT2D eigenvalue weighted by Crippen LogP contribution is 2.14. The molecule has 0 N–H and O–H groups in total. The number of fused-ring (bicyclic) bond motifs is 1. The van der Waals surface area contributed by atoms with Crippen molar-refractivity contribution in [1.82, 2.24) is 23.8 Å². The number of hydrogen-bond acceptors (Lipinski definition) is 4. The van der Waals surface area contributed by atoms with E-state index in [1.165, 1.54) is 28.8 Å². The number of nitrogens with zero attached hydrogens (tertiary/aromatic N) is 5. The Morgan fingerprint density at radius 2 is 1.67 bits per heavy atom. The molecule has 0 unspecified atom stereocenters. The number of carbonyl (C=O) groups excluding carboxylic acids is 1. The second-order valence-electron chi connectivity index (χ2n) is 7.05. The summed E-state index contributed by atoms with van der Waals surface area (Å²) in [6, 6.07) is 5.61. The average Bonchev–Trinajstić information content (AvgIpc) is 3.07. The Labute approximate surface area is 173 Å². The van der Waals surface area contributed by atoms with Crippen LogP contribution in [0, 0.1) is 12.7 Å². The van der Waals surface area contributed by atoms with Crippen LogP contribution in [0.25, 0.3) is 11.0 Å². The smallest absolute Gasteiger partial charge is 0.332 e. The van der Waals surface area contributed by atoms with E-state index in [0.29, 0.717) is 36.4 Å². The zero-order valence-electron chi connectivity index (χ0n) is 17.7. The number of rotatable bonds is 7. The highest BCUT2D eigenvalue weighted by Gasteiger charge is 2.22. The summed E-state index contributed by atoms with van der Waals surface area (Å²) in [7, 11) is 0. The lowest BCUT2D eigenvalue weighted by Gasteiger charge is -2.20. The van der Waals surface area contributed by atoms with Gasteiger partial charge in [-0.15, -0.1) is 0 Å². The van der Waals surface area contributed by atoms with Gasteiger partial charge in [0.15, 0.2) is 5.52 Å². The van der Waals surface area contributed by atoms with E-state index in [2.05, 4.69) is 5.10 Å². The lowest BCUT2D eigenvalue weighted by Crippen LogP contribution is -2.44. The molecule has 0 spiro atoms. The van der Waals surface area contributed by atoms with Gasteiger partial charge in [-0.2, -0.15) is 5.10 Å². The van der Waals surface area contributed by atoms with Gasteiger partial charge < -0.3 is 4.90 Å². The minimum atomic E-state index is -0.587. The van der Waals surface area contributed by atoms with E-state index in [4.69, 9.17) is 0 Å². The molecule has 0 radical (unpaired) electrons. The Morgan fingerprint density at radius 1 is 1.03 bits per heavy atom. The van der Waals surface area contributed by atoms with Crippen LogP contribution in [0.1, 0.15) is 32.0 Å². The largest absolute Gasteiger partial charge is 0.342 e. The first-order valence-electron chi connectivity index (χ1n) is 10.0. The molecule has 0 saturated heterocycles. The van der Waals surface area contributed by atoms with Crippen molar-refractivity contribution in [3.8, 4) is 0 Å². The maximum atomic E-state index is 13.3. The summed E-state index contributed by atoms with van der Waals surface area (Å²) in [5.41, 5.74) is 0.717. The molecule has 1 aromatic carbocycles. The molecule has 160 valence electrons. The lowest BCUT2D eigenvalue weighted by atomic mass is 10.2. The Bertz CT molecular complexity index is 1190. The van der Waals surface area contributed by atoms with Gasteiger partial charge in [-0.3, -0.25) is 23.4 Å². The third-order valence-electron chi connectivity index (χ3n) is 5.24. The van der Waals surface area contributed by atoms with Gasteiger partial charge in [0.05, 0.1) is 12.2 Å². The van der Waals surface area contributed by atoms with Crippen molar-refractivity contribution in [1.29, 1.82) is 0 Å². The molecule has 9 heteroatoms. The molecule has 0 atom stereocenters. The molecular formula is C21H26FN5O3. The maximum absolute atomic E-state index is 13.3. The molecule has 2 aromatic heterocycles. The number of amides is 1. The van der Waals surface area contributed by atoms with Crippen molar-refractivity contribution < 1.29 is 9.18 Å². The summed E-state index contributed by atoms with van der Waals surface area (Å²) in [6.07, 6.45) is 0. The molecule has 30 heavy (non-hydrogen) atoms. The zero-order chi connectivity index (χ0) is 22.0. The van der Waals surface area contributed by atoms with Crippen molar-refractivity contribution in [2.45, 2.75) is 47.3 Å². The molecule has 0 fully saturated rings. The second-order valence-corrected chi connectivity index (χ2v) is 7.05. The molecule has 0 aliphatic heterocycles. The van der Waals surface area contributed by atoms with Crippen molar-refractivity contribution in [2.75, 3.05) is 13.1 Å². The van der Waals surface area contributed by atoms with Crippen LogP contribution in [0.3, 0.4) is 0 Å². The molecule has 1 amide bonds. The molecule has 0 aliphatic rings. The van der Waals surface area contributed by atoms with Crippen LogP contribution >= 0.6 is 0 Å². The predicted octanol–water partition coefficient (Wildman–Crippen LogP) is 1.74. The van der Waals surface area contributed by atoms with Crippen LogP contribution in [-0.4, -0.2) is 42.8 Å². The minimum absolute atomic E-state index is 0.0265. The molecular weight excluding hydrogens is 389 g/mol. The van der Waals surface area contributed by atoms with Crippen LogP contribution in [-0.2, 0) is 24.4 Å². The number of halogens is 1. The SMILES string of the molecule is CCN(CC)C(=O)Cn1c(=O)n(Cc2ccc(F)cc2)c(=O)c2c1c(C)nn2CC. The summed E-state index contributed by atoms with van der Waals surface area (Å²) < 4.78 is 17.2. The number of aromatic nitrogens is 4. The normalized spacial score (nSPS) is 11.2. The third-order valence-corrected chi connectivity index (χ3v) is 5.24. The molecule has 0 aliphatic carbocycles. The fourth-order valence-corrected chi connectivity index (χ4v) is 3.66. The van der Waals surface area contributed by atoms with E-state index < -0.39 is 17.1 Å². The summed E-state index contributed by atoms with van der Waals surface area (Å²) in [5, 5.41) is 4.39. The van der Waals surface area contributed by atoms with Crippen LogP contribution in [0.15, 0.2) is 33.9 Å². The first-order chi connectivity index (χ1) is 14.3. The van der Waals surface area contributed by atoms with Crippen molar-refractivity contribution >= 4 is 16.9 Å². The predicted molar refractivity (Wildman–Crippen MR) is 112 cm³/mol. The highest BCUT2D eigenvalue weighted by atomic mass is 19.1. The topological polar surface area (TPSA) is 82.1 Å². The molecule has 3 aromatic rings. The van der Waals surface area contributed by atoms with E-state index >= 15 is 0 Å². The van der Waals surface area contributed by atoms with Crippen LogP contribution < -0.4 is 11.2 Å². The van der Waals surface area contributed by atoms with E-state index in [1.807, 2.05) is 20.8 Å². The Balaban J connectivity index is 2.24. The van der Waals surface area contributed by atoms with Gasteiger partial charge in [0.2, 0.25) is 5.91 Å². The second kappa shape index (κ2) is 8.64. The third kappa shape index (κ3) is 3.79. The van der Waals surface area contributed by atoms with E-state index in [0.717, 1.165) is 4.57 Å². The standard InChI is InChI=1S/C21H26FN5O3/c1-5-24(6-2)17(28)13-25-18-14(4)23-27(7-3)19(18)20(29)26(21(25)30)12-15-8-10-16(22)11-9-15/h8-11H,5-7,12-13H2,1-4H3. The first kappa shape index (κ1) is 21.5. The zero-order valence-corrected chi connectivity index (χ0v) is 17.7. The van der Waals surface area contributed by atoms with Gasteiger partial charge >= 0.3 is 5.69 Å². The Kier molecular flexibility index (Phi) is 6.19. The summed E-state index contributed by atoms with van der Waals surface area (Å²) in [5.74, 6) is -0.609. The maximum Gasteiger partial charge on any atom is 0.332 e. The fraction of sp³-hybridized carbons (Fsp3) is 0.429. The summed E-state index contributed by atoms with van der Waals surface area (Å²) >= 11 is 0. The van der Waals surface area contributed by atoms with Crippen molar-refractivity contribution in [2.24, 2.45) is 0 Å². The lowest BCUT2D eigenvalue weighted by molar-refractivity contribution is -0.131. The molecule has 2 heterocycles. The van der Waals surface area contributed by atoms with Crippen molar-refractivity contribution in [3.05, 3.63) is 62.2 Å². The van der Waals surface area contributed by atoms with Gasteiger partial charge in [-0.1, -0.05) is 12.1 Å². The van der Waals surface area contributed by atoms with Gasteiger partial charge in [0.25, 0.3) is 5.56 Å². The highest BCUT2D eigenvalue weighted by molar-refractivity contribution is 5.81. The van der Waals surface area contributed by atoms with E-state index in [1.54, 1.807) is 16.5 Å². The Hall–Kier alpha value is -3.23. The van der Waals surface area contributed by atoms with Gasteiger partial charge in [0.1, 0.15) is 17.9 Å². The number of benzene rings is 1. The van der Waals surface area contributed by atoms with Crippen LogP contribution in [0.4, 0.5) is 4.39 Å². The van der Waals surface area contributed by atoms with Gasteiger partial charge in [-0.25, -0.2) is 9.18 Å². The molecule has 3 rings (SSSR count). The van der Waals surface area contributed by atoms with E-state index in [-0.39, 0.29) is 24.5 Å². The summed E-state index contributed by atoms with van der Waals surface area (Å²) in [6.45, 7) is 8.59. The number of likely N-dealkylation sites (N-methyl/N-ethyl adjacent to an activating group) is 1. The van der Waals surface area contributed by atoms with Crippen LogP contribution in [0.5, 0.6) is 0 Å². The monoisotopic (exact) mass is 415 g/mol. The Morgan fingerprint density at radius 3 is 2.23 bits per heavy atom. The fourth-order valence-electron chi connectivity index (χ4n) is 3.66. The number of carbonyl (C=O) groups is 1. The molecule has 0 bridgehead atoms. The van der Waals surface area contributed by atoms with Crippen molar-refractivity contribution in [3.63, 3.8) is 0 Å². The minimum Gasteiger partial charge on any atom is -0.342 e. The average molecular weight is 415 g/mol. The number of hydrogen-bond donors (Lipinski definition) is 0.